The van der Waals surface area contributed by atoms with Gasteiger partial charge in [-0.05, 0) is 12.1 Å². The molecule has 1 heterocycles. The highest BCUT2D eigenvalue weighted by Crippen LogP contribution is 2.24. The van der Waals surface area contributed by atoms with Gasteiger partial charge in [-0.15, -0.1) is 0 Å². The Balaban J connectivity index is 2.24. The van der Waals surface area contributed by atoms with Crippen LogP contribution in [0.2, 0.25) is 0 Å². The number of hydrogen-bond acceptors (Lipinski definition) is 3. The smallest absolute Gasteiger partial charge is 0.203 e. The fourth-order valence-corrected chi connectivity index (χ4v) is 1.94. The van der Waals surface area contributed by atoms with Crippen LogP contribution >= 0.6 is 0 Å². The van der Waals surface area contributed by atoms with Gasteiger partial charge < -0.3 is 4.74 Å². The third-order valence-electron chi connectivity index (χ3n) is 2.22. The van der Waals surface area contributed by atoms with Crippen LogP contribution in [0, 0.1) is 0 Å². The molecule has 1 aliphatic rings. The molecule has 1 aliphatic heterocycles. The number of rotatable bonds is 2. The molecule has 2 rings (SSSR count). The van der Waals surface area contributed by atoms with Crippen molar-refractivity contribution in [3.05, 3.63) is 42.2 Å². The Labute approximate surface area is 90.2 Å². The van der Waals surface area contributed by atoms with Gasteiger partial charge in [0.2, 0.25) is 5.78 Å². The van der Waals surface area contributed by atoms with E-state index >= 15 is 0 Å². The Hall–Kier alpha value is -1.42. The second kappa shape index (κ2) is 3.98. The van der Waals surface area contributed by atoms with Gasteiger partial charge >= 0.3 is 0 Å². The zero-order valence-electron chi connectivity index (χ0n) is 8.17. The molecule has 15 heavy (non-hydrogen) atoms. The first kappa shape index (κ1) is 10.1. The predicted octanol–water partition coefficient (Wildman–Crippen LogP) is 1.58. The van der Waals surface area contributed by atoms with Crippen LogP contribution in [0.5, 0.6) is 0 Å². The highest BCUT2D eigenvalue weighted by Gasteiger charge is 2.23. The highest BCUT2D eigenvalue weighted by molar-refractivity contribution is 7.84. The second-order valence-corrected chi connectivity index (χ2v) is 4.62. The highest BCUT2D eigenvalue weighted by atomic mass is 32.2. The zero-order valence-corrected chi connectivity index (χ0v) is 8.99. The summed E-state index contributed by atoms with van der Waals surface area (Å²) in [6.45, 7) is 0. The van der Waals surface area contributed by atoms with Gasteiger partial charge in [0.1, 0.15) is 0 Å². The summed E-state index contributed by atoms with van der Waals surface area (Å²) in [6, 6.07) is 7.04. The van der Waals surface area contributed by atoms with Crippen LogP contribution in [0.15, 0.2) is 41.5 Å². The van der Waals surface area contributed by atoms with Crippen LogP contribution in [0.1, 0.15) is 11.7 Å². The summed E-state index contributed by atoms with van der Waals surface area (Å²) in [5.41, 5.74) is 0.791. The van der Waals surface area contributed by atoms with Crippen molar-refractivity contribution in [2.24, 2.45) is 0 Å². The van der Waals surface area contributed by atoms with Crippen LogP contribution < -0.4 is 0 Å². The number of ketones is 1. The Bertz CT molecular complexity index is 434. The maximum atomic E-state index is 11.3. The first-order chi connectivity index (χ1) is 7.18. The van der Waals surface area contributed by atoms with E-state index in [1.54, 1.807) is 30.5 Å². The SMILES string of the molecule is CS(=O)c1ccc(C2OC=CC2=O)cc1. The van der Waals surface area contributed by atoms with E-state index in [1.807, 2.05) is 0 Å². The van der Waals surface area contributed by atoms with Crippen molar-refractivity contribution in [2.75, 3.05) is 6.26 Å². The Morgan fingerprint density at radius 1 is 1.27 bits per heavy atom. The van der Waals surface area contributed by atoms with Gasteiger partial charge in [-0.25, -0.2) is 0 Å². The lowest BCUT2D eigenvalue weighted by Crippen LogP contribution is -2.06. The van der Waals surface area contributed by atoms with E-state index < -0.39 is 16.9 Å². The summed E-state index contributed by atoms with van der Waals surface area (Å²) in [4.78, 5) is 12.1. The summed E-state index contributed by atoms with van der Waals surface area (Å²) in [5, 5.41) is 0. The quantitative estimate of drug-likeness (QED) is 0.763. The molecule has 2 atom stereocenters. The molecular formula is C11H10O3S. The van der Waals surface area contributed by atoms with E-state index in [4.69, 9.17) is 4.74 Å². The molecule has 0 fully saturated rings. The topological polar surface area (TPSA) is 43.4 Å². The van der Waals surface area contributed by atoms with E-state index in [0.717, 1.165) is 10.5 Å². The molecule has 0 bridgehead atoms. The normalized spacial score (nSPS) is 21.4. The molecule has 0 saturated carbocycles. The van der Waals surface area contributed by atoms with Crippen molar-refractivity contribution in [3.8, 4) is 0 Å². The van der Waals surface area contributed by atoms with Gasteiger partial charge in [0, 0.05) is 33.6 Å². The maximum Gasteiger partial charge on any atom is 0.203 e. The van der Waals surface area contributed by atoms with E-state index in [-0.39, 0.29) is 5.78 Å². The summed E-state index contributed by atoms with van der Waals surface area (Å²) >= 11 is 0. The van der Waals surface area contributed by atoms with Gasteiger partial charge in [0.05, 0.1) is 6.26 Å². The lowest BCUT2D eigenvalue weighted by Gasteiger charge is -2.09. The summed E-state index contributed by atoms with van der Waals surface area (Å²) in [6.07, 6.45) is 3.91. The molecule has 1 aromatic rings. The van der Waals surface area contributed by atoms with E-state index in [0.29, 0.717) is 0 Å². The molecule has 3 nitrogen and oxygen atoms in total. The average molecular weight is 222 g/mol. The molecule has 0 saturated heterocycles. The Morgan fingerprint density at radius 2 is 1.93 bits per heavy atom. The molecule has 0 radical (unpaired) electrons. The molecule has 0 amide bonds. The van der Waals surface area contributed by atoms with E-state index in [2.05, 4.69) is 0 Å². The van der Waals surface area contributed by atoms with Crippen molar-refractivity contribution < 1.29 is 13.7 Å². The molecule has 2 unspecified atom stereocenters. The number of carbonyl (C=O) groups excluding carboxylic acids is 1. The molecule has 4 heteroatoms. The fourth-order valence-electron chi connectivity index (χ4n) is 1.42. The maximum absolute atomic E-state index is 11.3. The number of ether oxygens (including phenoxy) is 1. The monoisotopic (exact) mass is 222 g/mol. The minimum atomic E-state index is -0.989. The van der Waals surface area contributed by atoms with Gasteiger partial charge in [0.15, 0.2) is 6.10 Å². The standard InChI is InChI=1S/C11H10O3S/c1-15(13)9-4-2-8(3-5-9)11-10(12)6-7-14-11/h2-7,11H,1H3. The summed E-state index contributed by atoms with van der Waals surface area (Å²) < 4.78 is 16.3. The summed E-state index contributed by atoms with van der Waals surface area (Å²) in [7, 11) is -0.989. The van der Waals surface area contributed by atoms with Crippen molar-refractivity contribution in [1.82, 2.24) is 0 Å². The number of hydrogen-bond donors (Lipinski definition) is 0. The predicted molar refractivity (Wildman–Crippen MR) is 56.7 cm³/mol. The van der Waals surface area contributed by atoms with Crippen LogP contribution in [0.4, 0.5) is 0 Å². The zero-order chi connectivity index (χ0) is 10.8. The van der Waals surface area contributed by atoms with E-state index in [1.165, 1.54) is 12.3 Å². The van der Waals surface area contributed by atoms with Gasteiger partial charge in [-0.2, -0.15) is 0 Å². The van der Waals surface area contributed by atoms with Crippen LogP contribution in [0.3, 0.4) is 0 Å². The first-order valence-corrected chi connectivity index (χ1v) is 6.03. The molecule has 0 spiro atoms. The second-order valence-electron chi connectivity index (χ2n) is 3.24. The van der Waals surface area contributed by atoms with Crippen LogP contribution in [-0.2, 0) is 20.3 Å². The van der Waals surface area contributed by atoms with Crippen molar-refractivity contribution in [1.29, 1.82) is 0 Å². The average Bonchev–Trinajstić information content (AvgIpc) is 2.65. The van der Waals surface area contributed by atoms with Crippen molar-refractivity contribution in [3.63, 3.8) is 0 Å². The third kappa shape index (κ3) is 1.99. The lowest BCUT2D eigenvalue weighted by molar-refractivity contribution is -0.120. The Kier molecular flexibility index (Phi) is 2.68. The molecule has 0 aromatic heterocycles. The van der Waals surface area contributed by atoms with Crippen molar-refractivity contribution in [2.45, 2.75) is 11.0 Å². The minimum absolute atomic E-state index is 0.0552. The summed E-state index contributed by atoms with van der Waals surface area (Å²) in [5.74, 6) is -0.0552. The first-order valence-electron chi connectivity index (χ1n) is 4.48. The van der Waals surface area contributed by atoms with Gasteiger partial charge in [-0.3, -0.25) is 9.00 Å². The minimum Gasteiger partial charge on any atom is -0.485 e. The number of benzene rings is 1. The van der Waals surface area contributed by atoms with E-state index in [9.17, 15) is 9.00 Å². The van der Waals surface area contributed by atoms with Gasteiger partial charge in [-0.1, -0.05) is 12.1 Å². The van der Waals surface area contributed by atoms with Crippen LogP contribution in [0.25, 0.3) is 0 Å². The number of carbonyl (C=O) groups is 1. The molecule has 0 N–H and O–H groups in total. The molecule has 1 aromatic carbocycles. The van der Waals surface area contributed by atoms with Crippen LogP contribution in [-0.4, -0.2) is 16.2 Å². The lowest BCUT2D eigenvalue weighted by atomic mass is 10.1. The molecule has 78 valence electrons. The Morgan fingerprint density at radius 3 is 2.40 bits per heavy atom. The fraction of sp³-hybridized carbons (Fsp3) is 0.182. The van der Waals surface area contributed by atoms with Crippen molar-refractivity contribution >= 4 is 16.6 Å². The van der Waals surface area contributed by atoms with Gasteiger partial charge in [0.25, 0.3) is 0 Å². The largest absolute Gasteiger partial charge is 0.485 e. The third-order valence-corrected chi connectivity index (χ3v) is 3.16. The molecule has 0 aliphatic carbocycles. The molecular weight excluding hydrogens is 212 g/mol.